The van der Waals surface area contributed by atoms with Crippen molar-refractivity contribution < 1.29 is 42.4 Å². The monoisotopic (exact) mass is 765 g/mol. The highest BCUT2D eigenvalue weighted by molar-refractivity contribution is 7.57. The topological polar surface area (TPSA) is 208 Å². The van der Waals surface area contributed by atoms with Crippen LogP contribution in [-0.4, -0.2) is 74.3 Å². The number of carbonyl (C=O) groups excluding carboxylic acids is 3. The molecule has 5 rings (SSSR count). The van der Waals surface area contributed by atoms with Gasteiger partial charge in [0.1, 0.15) is 48.7 Å². The van der Waals surface area contributed by atoms with Crippen molar-refractivity contribution in [3.8, 4) is 5.75 Å². The number of hydrogen-bond donors (Lipinski definition) is 3. The van der Waals surface area contributed by atoms with Crippen LogP contribution < -0.4 is 20.7 Å². The van der Waals surface area contributed by atoms with E-state index in [4.69, 9.17) is 29.2 Å². The van der Waals surface area contributed by atoms with E-state index in [1.807, 2.05) is 30.3 Å². The Morgan fingerprint density at radius 3 is 2.37 bits per heavy atom. The van der Waals surface area contributed by atoms with Gasteiger partial charge in [0.25, 0.3) is 0 Å². The van der Waals surface area contributed by atoms with Crippen LogP contribution in [0.5, 0.6) is 5.75 Å². The van der Waals surface area contributed by atoms with Gasteiger partial charge in [0, 0.05) is 6.42 Å². The Kier molecular flexibility index (Phi) is 14.0. The first-order chi connectivity index (χ1) is 25.9. The molecule has 0 radical (unpaired) electrons. The van der Waals surface area contributed by atoms with Crippen molar-refractivity contribution in [3.05, 3.63) is 78.4 Å². The smallest absolute Gasteiger partial charge is 0.408 e. The van der Waals surface area contributed by atoms with Crippen molar-refractivity contribution in [3.63, 3.8) is 0 Å². The van der Waals surface area contributed by atoms with Gasteiger partial charge in [-0.05, 0) is 76.6 Å². The Bertz CT molecular complexity index is 1900. The Balaban J connectivity index is 1.26. The maximum atomic E-state index is 14.3. The van der Waals surface area contributed by atoms with Crippen LogP contribution in [0.15, 0.2) is 67.3 Å². The lowest BCUT2D eigenvalue weighted by molar-refractivity contribution is -0.151. The molecule has 0 unspecified atom stereocenters. The van der Waals surface area contributed by atoms with E-state index in [9.17, 15) is 18.9 Å². The van der Waals surface area contributed by atoms with E-state index in [0.717, 1.165) is 31.2 Å². The molecule has 4 N–H and O–H groups in total. The predicted octanol–water partition coefficient (Wildman–Crippen LogP) is 5.30. The standard InChI is InChI=1S/C37H48N7O9P/c1-24(2)51-35(45)26(4)43-54(48,23-50-25(3)19-44-22-41-32-33(38)39-21-40-34(32)44)53-30-16-14-27(15-17-30)18-31(36(46)52-29-12-8-9-13-29)42-37(47)49-20-28-10-6-5-7-11-28/h5-7,10-11,14-17,21-22,24-26,29,31H,8-9,12-13,18-20,23H2,1-4H3,(H,42,47)(H,43,48)(H2,38,39,40)/t25-,26+,31-,54+/m1/s1. The van der Waals surface area contributed by atoms with Gasteiger partial charge in [-0.2, -0.15) is 0 Å². The van der Waals surface area contributed by atoms with E-state index >= 15 is 0 Å². The number of fused-ring (bicyclic) bond motifs is 1. The van der Waals surface area contributed by atoms with Gasteiger partial charge >= 0.3 is 25.6 Å². The third-order valence-corrected chi connectivity index (χ3v) is 10.3. The molecule has 1 aliphatic rings. The summed E-state index contributed by atoms with van der Waals surface area (Å²) in [5, 5.41) is 5.46. The molecular weight excluding hydrogens is 717 g/mol. The minimum absolute atomic E-state index is 0.0397. The molecule has 2 aromatic carbocycles. The number of nitrogens with one attached hydrogen (secondary N) is 2. The van der Waals surface area contributed by atoms with Crippen molar-refractivity contribution in [1.29, 1.82) is 0 Å². The summed E-state index contributed by atoms with van der Waals surface area (Å²) >= 11 is 0. The molecule has 1 fully saturated rings. The Morgan fingerprint density at radius 2 is 1.67 bits per heavy atom. The van der Waals surface area contributed by atoms with Gasteiger partial charge in [-0.25, -0.2) is 29.6 Å². The number of carbonyl (C=O) groups is 3. The fourth-order valence-corrected chi connectivity index (χ4v) is 7.59. The number of ether oxygens (including phenoxy) is 4. The van der Waals surface area contributed by atoms with E-state index in [0.29, 0.717) is 23.3 Å². The molecule has 0 aliphatic heterocycles. The van der Waals surface area contributed by atoms with Crippen LogP contribution in [0.4, 0.5) is 10.6 Å². The number of amides is 1. The lowest BCUT2D eigenvalue weighted by Crippen LogP contribution is -2.44. The second kappa shape index (κ2) is 18.8. The van der Waals surface area contributed by atoms with Crippen molar-refractivity contribution >= 4 is 42.5 Å². The van der Waals surface area contributed by atoms with E-state index in [1.165, 1.54) is 13.3 Å². The fourth-order valence-electron chi connectivity index (χ4n) is 5.80. The molecule has 1 saturated carbocycles. The number of imidazole rings is 1. The van der Waals surface area contributed by atoms with Crippen molar-refractivity contribution in [2.24, 2.45) is 0 Å². The van der Waals surface area contributed by atoms with Gasteiger partial charge in [0.15, 0.2) is 11.5 Å². The number of benzene rings is 2. The molecule has 0 saturated heterocycles. The molecule has 290 valence electrons. The number of nitrogen functional groups attached to an aromatic ring is 1. The van der Waals surface area contributed by atoms with Gasteiger partial charge in [0.2, 0.25) is 0 Å². The zero-order valence-electron chi connectivity index (χ0n) is 30.9. The van der Waals surface area contributed by atoms with Crippen LogP contribution in [0, 0.1) is 0 Å². The maximum Gasteiger partial charge on any atom is 0.408 e. The lowest BCUT2D eigenvalue weighted by Gasteiger charge is -2.25. The number of esters is 2. The summed E-state index contributed by atoms with van der Waals surface area (Å²) in [5.74, 6) is -0.700. The summed E-state index contributed by atoms with van der Waals surface area (Å²) in [5.41, 5.74) is 8.36. The van der Waals surface area contributed by atoms with Crippen LogP contribution in [0.3, 0.4) is 0 Å². The summed E-state index contributed by atoms with van der Waals surface area (Å²) in [6.45, 7) is 7.08. The van der Waals surface area contributed by atoms with Crippen LogP contribution in [0.25, 0.3) is 11.2 Å². The third kappa shape index (κ3) is 11.7. The Hall–Kier alpha value is -5.05. The van der Waals surface area contributed by atoms with Crippen LogP contribution >= 0.6 is 7.52 Å². The van der Waals surface area contributed by atoms with E-state index in [2.05, 4.69) is 25.4 Å². The first-order valence-electron chi connectivity index (χ1n) is 17.9. The van der Waals surface area contributed by atoms with Crippen LogP contribution in [0.2, 0.25) is 0 Å². The summed E-state index contributed by atoms with van der Waals surface area (Å²) < 4.78 is 44.5. The van der Waals surface area contributed by atoms with Crippen molar-refractivity contribution in [1.82, 2.24) is 29.9 Å². The number of rotatable bonds is 18. The molecule has 17 heteroatoms. The molecule has 0 bridgehead atoms. The quantitative estimate of drug-likeness (QED) is 0.0668. The van der Waals surface area contributed by atoms with E-state index in [1.54, 1.807) is 55.9 Å². The molecule has 1 amide bonds. The SMILES string of the molecule is CC(C)OC(=O)[C@H](C)N[P@](=O)(CO[C@H](C)Cn1cnc2c(N)ncnc21)Oc1ccc(C[C@@H](NC(=O)OCc2ccccc2)C(=O)OC2CCCC2)cc1. The number of alkyl carbamates (subject to hydrolysis) is 1. The van der Waals surface area contributed by atoms with E-state index in [-0.39, 0.29) is 36.8 Å². The third-order valence-electron chi connectivity index (χ3n) is 8.50. The molecule has 4 atom stereocenters. The number of hydrogen-bond acceptors (Lipinski definition) is 13. The van der Waals surface area contributed by atoms with Gasteiger partial charge in [-0.15, -0.1) is 0 Å². The first kappa shape index (κ1) is 40.1. The number of anilines is 1. The maximum absolute atomic E-state index is 14.3. The second-order valence-electron chi connectivity index (χ2n) is 13.5. The van der Waals surface area contributed by atoms with Gasteiger partial charge in [-0.1, -0.05) is 42.5 Å². The zero-order chi connectivity index (χ0) is 38.7. The summed E-state index contributed by atoms with van der Waals surface area (Å²) in [7, 11) is -3.91. The summed E-state index contributed by atoms with van der Waals surface area (Å²) in [4.78, 5) is 51.2. The zero-order valence-corrected chi connectivity index (χ0v) is 31.8. The highest BCUT2D eigenvalue weighted by Crippen LogP contribution is 2.44. The number of nitrogens with zero attached hydrogens (tertiary/aromatic N) is 4. The molecule has 0 spiro atoms. The molecule has 16 nitrogen and oxygen atoms in total. The van der Waals surface area contributed by atoms with Gasteiger partial charge in [-0.3, -0.25) is 9.36 Å². The normalized spacial score (nSPS) is 15.9. The Morgan fingerprint density at radius 1 is 0.944 bits per heavy atom. The minimum atomic E-state index is -3.91. The van der Waals surface area contributed by atoms with Gasteiger partial charge in [0.05, 0.1) is 25.1 Å². The molecule has 1 aliphatic carbocycles. The highest BCUT2D eigenvalue weighted by Gasteiger charge is 2.33. The van der Waals surface area contributed by atoms with E-state index < -0.39 is 50.1 Å². The molecular formula is C37H48N7O9P. The highest BCUT2D eigenvalue weighted by atomic mass is 31.2. The summed E-state index contributed by atoms with van der Waals surface area (Å²) in [6.07, 6.45) is 4.29. The molecule has 2 aromatic heterocycles. The largest absolute Gasteiger partial charge is 0.462 e. The van der Waals surface area contributed by atoms with Crippen molar-refractivity contribution in [2.45, 2.75) is 103 Å². The van der Waals surface area contributed by atoms with Crippen LogP contribution in [0.1, 0.15) is 64.5 Å². The average molecular weight is 766 g/mol. The second-order valence-corrected chi connectivity index (χ2v) is 15.5. The van der Waals surface area contributed by atoms with Crippen molar-refractivity contribution in [2.75, 3.05) is 12.1 Å². The van der Waals surface area contributed by atoms with Crippen LogP contribution in [-0.2, 0) is 52.7 Å². The fraction of sp³-hybridized carbons (Fsp3) is 0.459. The van der Waals surface area contributed by atoms with Gasteiger partial charge < -0.3 is 39.1 Å². The molecule has 54 heavy (non-hydrogen) atoms. The average Bonchev–Trinajstić information content (AvgIpc) is 3.81. The Labute approximate surface area is 314 Å². The minimum Gasteiger partial charge on any atom is -0.462 e. The number of nitrogens with two attached hydrogens (primary N) is 1. The molecule has 4 aromatic rings. The summed E-state index contributed by atoms with van der Waals surface area (Å²) in [6, 6.07) is 13.7. The first-order valence-corrected chi connectivity index (χ1v) is 19.7. The lowest BCUT2D eigenvalue weighted by atomic mass is 10.1. The number of aromatic nitrogens is 4. The predicted molar refractivity (Wildman–Crippen MR) is 199 cm³/mol. The molecule has 2 heterocycles.